The van der Waals surface area contributed by atoms with Crippen molar-refractivity contribution in [3.63, 3.8) is 0 Å². The Hall–Kier alpha value is -3.30. The lowest BCUT2D eigenvalue weighted by Gasteiger charge is -2.17. The molecule has 1 saturated heterocycles. The third-order valence-corrected chi connectivity index (χ3v) is 6.50. The molecule has 1 aliphatic heterocycles. The summed E-state index contributed by atoms with van der Waals surface area (Å²) >= 11 is 0. The fourth-order valence-corrected chi connectivity index (χ4v) is 4.82. The molecule has 0 radical (unpaired) electrons. The monoisotopic (exact) mass is 423 g/mol. The summed E-state index contributed by atoms with van der Waals surface area (Å²) in [6, 6.07) is 15.0. The maximum atomic E-state index is 12.8. The number of hydrazone groups is 1. The molecular weight excluding hydrogens is 402 g/mol. The molecule has 1 fully saturated rings. The van der Waals surface area contributed by atoms with Gasteiger partial charge in [0.25, 0.3) is 0 Å². The van der Waals surface area contributed by atoms with Crippen molar-refractivity contribution in [3.05, 3.63) is 71.9 Å². The molecule has 8 nitrogen and oxygen atoms in total. The number of carbonyl (C=O) groups is 1. The summed E-state index contributed by atoms with van der Waals surface area (Å²) < 4.78 is 28.2. The number of sulfonamides is 1. The third kappa shape index (κ3) is 4.17. The van der Waals surface area contributed by atoms with Crippen LogP contribution in [0, 0.1) is 0 Å². The number of likely N-dealkylation sites (tertiary alicyclic amines) is 1. The van der Waals surface area contributed by atoms with E-state index in [1.165, 1.54) is 12.3 Å². The first-order valence-electron chi connectivity index (χ1n) is 9.44. The van der Waals surface area contributed by atoms with Gasteiger partial charge >= 0.3 is 0 Å². The van der Waals surface area contributed by atoms with E-state index in [1.807, 2.05) is 24.3 Å². The lowest BCUT2D eigenvalue weighted by molar-refractivity contribution is -0.129. The summed E-state index contributed by atoms with van der Waals surface area (Å²) in [5, 5.41) is 4.23. The highest BCUT2D eigenvalue weighted by molar-refractivity contribution is 7.89. The number of amides is 1. The van der Waals surface area contributed by atoms with Crippen molar-refractivity contribution in [2.75, 3.05) is 6.54 Å². The average Bonchev–Trinajstić information content (AvgIpc) is 3.07. The number of hydrogen-bond donors (Lipinski definition) is 2. The van der Waals surface area contributed by atoms with Gasteiger partial charge in [-0.3, -0.25) is 9.78 Å². The number of pyridine rings is 1. The standard InChI is InChI=1S/C21H21N5O3S/c22-24-13-15-3-1-4-16(11-15)14-26-10-8-20(21(26)27)25-30(28,29)18-6-7-19-17(12-18)5-2-9-23-19/h1-7,9,11-13,20,25H,8,10,14,22H2/t20-/m0/s1. The van der Waals surface area contributed by atoms with Gasteiger partial charge in [-0.2, -0.15) is 9.82 Å². The molecular formula is C21H21N5O3S. The molecule has 3 N–H and O–H groups in total. The average molecular weight is 423 g/mol. The second kappa shape index (κ2) is 8.21. The van der Waals surface area contributed by atoms with E-state index in [2.05, 4.69) is 14.8 Å². The largest absolute Gasteiger partial charge is 0.337 e. The predicted molar refractivity (Wildman–Crippen MR) is 114 cm³/mol. The second-order valence-corrected chi connectivity index (χ2v) is 8.82. The Labute approximate surface area is 174 Å². The molecule has 30 heavy (non-hydrogen) atoms. The molecule has 1 aromatic heterocycles. The van der Waals surface area contributed by atoms with Gasteiger partial charge in [0.1, 0.15) is 6.04 Å². The van der Waals surface area contributed by atoms with E-state index < -0.39 is 16.1 Å². The number of rotatable bonds is 6. The molecule has 9 heteroatoms. The predicted octanol–water partition coefficient (Wildman–Crippen LogP) is 1.61. The smallest absolute Gasteiger partial charge is 0.241 e. The molecule has 0 unspecified atom stereocenters. The van der Waals surface area contributed by atoms with E-state index in [0.717, 1.165) is 16.5 Å². The lowest BCUT2D eigenvalue weighted by Crippen LogP contribution is -2.41. The van der Waals surface area contributed by atoms with Crippen LogP contribution in [0.15, 0.2) is 70.8 Å². The van der Waals surface area contributed by atoms with E-state index >= 15 is 0 Å². The minimum Gasteiger partial charge on any atom is -0.337 e. The molecule has 2 aromatic carbocycles. The number of hydrogen-bond acceptors (Lipinski definition) is 6. The van der Waals surface area contributed by atoms with Crippen molar-refractivity contribution in [1.29, 1.82) is 0 Å². The van der Waals surface area contributed by atoms with Gasteiger partial charge in [-0.1, -0.05) is 24.3 Å². The lowest BCUT2D eigenvalue weighted by atomic mass is 10.1. The second-order valence-electron chi connectivity index (χ2n) is 7.10. The first-order chi connectivity index (χ1) is 14.5. The van der Waals surface area contributed by atoms with Crippen molar-refractivity contribution in [1.82, 2.24) is 14.6 Å². The van der Waals surface area contributed by atoms with Crippen LogP contribution >= 0.6 is 0 Å². The van der Waals surface area contributed by atoms with Gasteiger partial charge in [0.15, 0.2) is 0 Å². The molecule has 0 spiro atoms. The number of fused-ring (bicyclic) bond motifs is 1. The summed E-state index contributed by atoms with van der Waals surface area (Å²) in [4.78, 5) is 18.7. The van der Waals surface area contributed by atoms with Crippen LogP contribution in [-0.2, 0) is 21.4 Å². The summed E-state index contributed by atoms with van der Waals surface area (Å²) in [7, 11) is -3.83. The van der Waals surface area contributed by atoms with Gasteiger partial charge in [-0.05, 0) is 47.9 Å². The minimum atomic E-state index is -3.83. The Balaban J connectivity index is 1.47. The van der Waals surface area contributed by atoms with Crippen LogP contribution < -0.4 is 10.6 Å². The number of aromatic nitrogens is 1. The van der Waals surface area contributed by atoms with Gasteiger partial charge in [0, 0.05) is 24.7 Å². The van der Waals surface area contributed by atoms with Crippen LogP contribution in [-0.4, -0.2) is 43.0 Å². The highest BCUT2D eigenvalue weighted by Gasteiger charge is 2.34. The van der Waals surface area contributed by atoms with Crippen LogP contribution in [0.25, 0.3) is 10.9 Å². The molecule has 1 amide bonds. The van der Waals surface area contributed by atoms with Crippen LogP contribution in [0.4, 0.5) is 0 Å². The summed E-state index contributed by atoms with van der Waals surface area (Å²) in [5.41, 5.74) is 2.47. The first kappa shape index (κ1) is 20.0. The summed E-state index contributed by atoms with van der Waals surface area (Å²) in [5.74, 6) is 4.95. The zero-order valence-electron chi connectivity index (χ0n) is 16.1. The van der Waals surface area contributed by atoms with Gasteiger partial charge in [-0.15, -0.1) is 0 Å². The number of benzene rings is 2. The van der Waals surface area contributed by atoms with Crippen molar-refractivity contribution >= 4 is 33.0 Å². The number of nitrogens with two attached hydrogens (primary N) is 1. The topological polar surface area (TPSA) is 118 Å². The fraction of sp³-hybridized carbons (Fsp3) is 0.190. The van der Waals surface area contributed by atoms with Gasteiger partial charge < -0.3 is 10.7 Å². The Morgan fingerprint density at radius 1 is 1.20 bits per heavy atom. The molecule has 2 heterocycles. The Morgan fingerprint density at radius 2 is 2.07 bits per heavy atom. The van der Waals surface area contributed by atoms with Crippen molar-refractivity contribution < 1.29 is 13.2 Å². The molecule has 0 aliphatic carbocycles. The number of carbonyl (C=O) groups excluding carboxylic acids is 1. The van der Waals surface area contributed by atoms with Crippen molar-refractivity contribution in [3.8, 4) is 0 Å². The van der Waals surface area contributed by atoms with E-state index in [-0.39, 0.29) is 10.8 Å². The van der Waals surface area contributed by atoms with Crippen molar-refractivity contribution in [2.45, 2.75) is 23.9 Å². The normalized spacial score (nSPS) is 17.3. The highest BCUT2D eigenvalue weighted by Crippen LogP contribution is 2.21. The summed E-state index contributed by atoms with van der Waals surface area (Å²) in [6.45, 7) is 0.869. The molecule has 3 aromatic rings. The molecule has 1 aliphatic rings. The zero-order valence-corrected chi connectivity index (χ0v) is 16.9. The highest BCUT2D eigenvalue weighted by atomic mass is 32.2. The Bertz CT molecular complexity index is 1230. The van der Waals surface area contributed by atoms with Crippen LogP contribution in [0.2, 0.25) is 0 Å². The first-order valence-corrected chi connectivity index (χ1v) is 10.9. The number of nitrogens with one attached hydrogen (secondary N) is 1. The zero-order chi connectivity index (χ0) is 21.1. The molecule has 0 bridgehead atoms. The van der Waals surface area contributed by atoms with E-state index in [1.54, 1.807) is 35.4 Å². The quantitative estimate of drug-likeness (QED) is 0.355. The van der Waals surface area contributed by atoms with Crippen molar-refractivity contribution in [2.24, 2.45) is 10.9 Å². The SMILES string of the molecule is NN=Cc1cccc(CN2CC[C@H](NS(=O)(=O)c3ccc4ncccc4c3)C2=O)c1. The maximum Gasteiger partial charge on any atom is 0.241 e. The van der Waals surface area contributed by atoms with E-state index in [4.69, 9.17) is 5.84 Å². The van der Waals surface area contributed by atoms with Crippen LogP contribution in [0.5, 0.6) is 0 Å². The molecule has 154 valence electrons. The minimum absolute atomic E-state index is 0.114. The molecule has 1 atom stereocenters. The molecule has 4 rings (SSSR count). The van der Waals surface area contributed by atoms with Gasteiger partial charge in [0.05, 0.1) is 16.6 Å². The Kier molecular flexibility index (Phi) is 5.47. The van der Waals surface area contributed by atoms with E-state index in [0.29, 0.717) is 25.0 Å². The summed E-state index contributed by atoms with van der Waals surface area (Å²) in [6.07, 6.45) is 3.60. The van der Waals surface area contributed by atoms with Crippen LogP contribution in [0.3, 0.4) is 0 Å². The van der Waals surface area contributed by atoms with E-state index in [9.17, 15) is 13.2 Å². The Morgan fingerprint density at radius 3 is 2.90 bits per heavy atom. The molecule has 0 saturated carbocycles. The number of nitrogens with zero attached hydrogens (tertiary/aromatic N) is 3. The maximum absolute atomic E-state index is 12.8. The van der Waals surface area contributed by atoms with Crippen LogP contribution in [0.1, 0.15) is 17.5 Å². The van der Waals surface area contributed by atoms with Gasteiger partial charge in [0.2, 0.25) is 15.9 Å². The fourth-order valence-electron chi connectivity index (χ4n) is 3.56. The third-order valence-electron chi connectivity index (χ3n) is 5.03. The van der Waals surface area contributed by atoms with Gasteiger partial charge in [-0.25, -0.2) is 8.42 Å².